The van der Waals surface area contributed by atoms with E-state index in [-0.39, 0.29) is 0 Å². The van der Waals surface area contributed by atoms with Crippen molar-refractivity contribution < 1.29 is 0 Å². The van der Waals surface area contributed by atoms with Gasteiger partial charge in [0, 0.05) is 12.7 Å². The van der Waals surface area contributed by atoms with Crippen molar-refractivity contribution in [1.82, 2.24) is 9.97 Å². The molecule has 2 aromatic heterocycles. The van der Waals surface area contributed by atoms with E-state index in [9.17, 15) is 0 Å². The lowest BCUT2D eigenvalue weighted by atomic mass is 10.1. The lowest BCUT2D eigenvalue weighted by Gasteiger charge is -2.10. The summed E-state index contributed by atoms with van der Waals surface area (Å²) in [5, 5.41) is 4.68. The average molecular weight is 316 g/mol. The first kappa shape index (κ1) is 12.2. The van der Waals surface area contributed by atoms with Crippen molar-refractivity contribution in [2.75, 3.05) is 5.32 Å². The summed E-state index contributed by atoms with van der Waals surface area (Å²) in [5.74, 6) is 0. The molecular weight excluding hydrogens is 302 g/mol. The number of para-hydroxylation sites is 1. The van der Waals surface area contributed by atoms with Gasteiger partial charge in [0.1, 0.15) is 4.60 Å². The Hall–Kier alpha value is -1.81. The van der Waals surface area contributed by atoms with E-state index in [1.807, 2.05) is 25.3 Å². The van der Waals surface area contributed by atoms with Gasteiger partial charge in [-0.25, -0.2) is 4.98 Å². The number of pyridine rings is 1. The molecule has 0 bridgehead atoms. The second-order valence-electron chi connectivity index (χ2n) is 4.48. The van der Waals surface area contributed by atoms with Gasteiger partial charge in [0.05, 0.1) is 16.9 Å². The number of hydrogen-bond acceptors (Lipinski definition) is 2. The topological polar surface area (TPSA) is 40.7 Å². The Balaban J connectivity index is 1.84. The van der Waals surface area contributed by atoms with Gasteiger partial charge in [-0.15, -0.1) is 0 Å². The summed E-state index contributed by atoms with van der Waals surface area (Å²) in [6.45, 7) is 2.78. The highest BCUT2D eigenvalue weighted by Gasteiger charge is 2.03. The summed E-state index contributed by atoms with van der Waals surface area (Å²) in [5.41, 5.74) is 4.50. The fraction of sp³-hybridized carbons (Fsp3) is 0.133. The number of halogens is 1. The highest BCUT2D eigenvalue weighted by atomic mass is 79.9. The van der Waals surface area contributed by atoms with Gasteiger partial charge >= 0.3 is 0 Å². The molecule has 0 aliphatic rings. The van der Waals surface area contributed by atoms with Crippen LogP contribution in [0.4, 0.5) is 5.69 Å². The Morgan fingerprint density at radius 1 is 1.21 bits per heavy atom. The van der Waals surface area contributed by atoms with Crippen LogP contribution < -0.4 is 5.32 Å². The molecule has 2 heterocycles. The van der Waals surface area contributed by atoms with E-state index in [1.54, 1.807) is 0 Å². The van der Waals surface area contributed by atoms with Crippen molar-refractivity contribution in [2.24, 2.45) is 0 Å². The predicted octanol–water partition coefficient (Wildman–Crippen LogP) is 4.25. The van der Waals surface area contributed by atoms with Gasteiger partial charge < -0.3 is 10.3 Å². The van der Waals surface area contributed by atoms with Crippen LogP contribution in [0.15, 0.2) is 47.2 Å². The third-order valence-electron chi connectivity index (χ3n) is 3.19. The van der Waals surface area contributed by atoms with Gasteiger partial charge in [-0.05, 0) is 52.0 Å². The Labute approximate surface area is 120 Å². The number of aromatic nitrogens is 2. The number of nitrogens with zero attached hydrogens (tertiary/aromatic N) is 1. The molecule has 0 spiro atoms. The zero-order valence-electron chi connectivity index (χ0n) is 10.6. The molecular formula is C15H14BrN3. The van der Waals surface area contributed by atoms with Gasteiger partial charge in [0.25, 0.3) is 0 Å². The molecule has 3 nitrogen and oxygen atoms in total. The molecule has 0 aliphatic carbocycles. The quantitative estimate of drug-likeness (QED) is 0.709. The lowest BCUT2D eigenvalue weighted by molar-refractivity contribution is 1.10. The molecule has 2 N–H and O–H groups in total. The van der Waals surface area contributed by atoms with Crippen LogP contribution in [0.5, 0.6) is 0 Å². The fourth-order valence-corrected chi connectivity index (χ4v) is 2.60. The molecule has 1 aromatic carbocycles. The summed E-state index contributed by atoms with van der Waals surface area (Å²) >= 11 is 3.38. The van der Waals surface area contributed by atoms with Crippen LogP contribution in [0.25, 0.3) is 10.9 Å². The zero-order chi connectivity index (χ0) is 13.2. The molecule has 3 rings (SSSR count). The van der Waals surface area contributed by atoms with E-state index in [0.717, 1.165) is 22.5 Å². The smallest absolute Gasteiger partial charge is 0.106 e. The molecule has 4 heteroatoms. The van der Waals surface area contributed by atoms with Crippen molar-refractivity contribution in [3.8, 4) is 0 Å². The van der Waals surface area contributed by atoms with Crippen molar-refractivity contribution in [2.45, 2.75) is 13.5 Å². The van der Waals surface area contributed by atoms with Gasteiger partial charge in [-0.3, -0.25) is 0 Å². The highest BCUT2D eigenvalue weighted by Crippen LogP contribution is 2.20. The van der Waals surface area contributed by atoms with E-state index in [1.165, 1.54) is 16.5 Å². The Morgan fingerprint density at radius 3 is 2.95 bits per heavy atom. The van der Waals surface area contributed by atoms with Crippen LogP contribution >= 0.6 is 15.9 Å². The van der Waals surface area contributed by atoms with Crippen molar-refractivity contribution in [1.29, 1.82) is 0 Å². The molecule has 0 amide bonds. The van der Waals surface area contributed by atoms with Crippen LogP contribution in [0.2, 0.25) is 0 Å². The fourth-order valence-electron chi connectivity index (χ4n) is 2.20. The Kier molecular flexibility index (Phi) is 3.25. The van der Waals surface area contributed by atoms with E-state index in [0.29, 0.717) is 0 Å². The average Bonchev–Trinajstić information content (AvgIpc) is 2.86. The molecule has 0 radical (unpaired) electrons. The summed E-state index contributed by atoms with van der Waals surface area (Å²) in [4.78, 5) is 7.67. The van der Waals surface area contributed by atoms with E-state index in [2.05, 4.69) is 55.5 Å². The van der Waals surface area contributed by atoms with Gasteiger partial charge in [-0.1, -0.05) is 18.2 Å². The molecule has 96 valence electrons. The molecule has 0 unspecified atom stereocenters. The molecule has 0 saturated carbocycles. The number of rotatable bonds is 3. The van der Waals surface area contributed by atoms with Crippen molar-refractivity contribution in [3.05, 3.63) is 58.5 Å². The maximum atomic E-state index is 4.38. The Morgan fingerprint density at radius 2 is 2.11 bits per heavy atom. The van der Waals surface area contributed by atoms with Crippen LogP contribution in [0, 0.1) is 6.92 Å². The number of H-pyrrole nitrogens is 1. The van der Waals surface area contributed by atoms with Gasteiger partial charge in [0.2, 0.25) is 0 Å². The third kappa shape index (κ3) is 2.49. The predicted molar refractivity (Wildman–Crippen MR) is 82.3 cm³/mol. The standard InChI is InChI=1S/C15H14BrN3/c1-10-13(5-6-14(16)19-10)18-9-12-4-2-3-11-7-8-17-15(11)12/h2-8,17-18H,9H2,1H3. The third-order valence-corrected chi connectivity index (χ3v) is 3.64. The molecule has 0 atom stereocenters. The van der Waals surface area contributed by atoms with Crippen LogP contribution in [0.1, 0.15) is 11.3 Å². The maximum absolute atomic E-state index is 4.38. The number of aromatic amines is 1. The molecule has 19 heavy (non-hydrogen) atoms. The minimum Gasteiger partial charge on any atom is -0.379 e. The monoisotopic (exact) mass is 315 g/mol. The molecule has 0 fully saturated rings. The van der Waals surface area contributed by atoms with Gasteiger partial charge in [0.15, 0.2) is 0 Å². The molecule has 0 aliphatic heterocycles. The van der Waals surface area contributed by atoms with Crippen LogP contribution in [-0.4, -0.2) is 9.97 Å². The number of nitrogens with one attached hydrogen (secondary N) is 2. The highest BCUT2D eigenvalue weighted by molar-refractivity contribution is 9.10. The summed E-state index contributed by atoms with van der Waals surface area (Å²) in [7, 11) is 0. The number of fused-ring (bicyclic) bond motifs is 1. The summed E-state index contributed by atoms with van der Waals surface area (Å²) in [6, 6.07) is 12.4. The normalized spacial score (nSPS) is 10.8. The lowest BCUT2D eigenvalue weighted by Crippen LogP contribution is -2.02. The minimum atomic E-state index is 0.780. The van der Waals surface area contributed by atoms with Crippen LogP contribution in [-0.2, 0) is 6.54 Å². The Bertz CT molecular complexity index is 718. The van der Waals surface area contributed by atoms with E-state index >= 15 is 0 Å². The first-order chi connectivity index (χ1) is 9.24. The van der Waals surface area contributed by atoms with Crippen LogP contribution in [0.3, 0.4) is 0 Å². The molecule has 3 aromatic rings. The number of benzene rings is 1. The first-order valence-electron chi connectivity index (χ1n) is 6.16. The molecule has 0 saturated heterocycles. The zero-order valence-corrected chi connectivity index (χ0v) is 12.2. The SMILES string of the molecule is Cc1nc(Br)ccc1NCc1cccc2cc[nH]c12. The second kappa shape index (κ2) is 5.05. The van der Waals surface area contributed by atoms with Crippen molar-refractivity contribution in [3.63, 3.8) is 0 Å². The van der Waals surface area contributed by atoms with E-state index in [4.69, 9.17) is 0 Å². The van der Waals surface area contributed by atoms with Crippen molar-refractivity contribution >= 4 is 32.5 Å². The number of aryl methyl sites for hydroxylation is 1. The largest absolute Gasteiger partial charge is 0.379 e. The number of hydrogen-bond donors (Lipinski definition) is 2. The van der Waals surface area contributed by atoms with E-state index < -0.39 is 0 Å². The first-order valence-corrected chi connectivity index (χ1v) is 6.95. The summed E-state index contributed by atoms with van der Waals surface area (Å²) < 4.78 is 0.863. The summed E-state index contributed by atoms with van der Waals surface area (Å²) in [6.07, 6.45) is 1.97. The maximum Gasteiger partial charge on any atom is 0.106 e. The number of anilines is 1. The van der Waals surface area contributed by atoms with Gasteiger partial charge in [-0.2, -0.15) is 0 Å². The second-order valence-corrected chi connectivity index (χ2v) is 5.29. The minimum absolute atomic E-state index is 0.780.